The van der Waals surface area contributed by atoms with Crippen LogP contribution in [0.2, 0.25) is 0 Å². The number of fused-ring (bicyclic) bond motifs is 1. The number of aromatic amines is 1. The van der Waals surface area contributed by atoms with Crippen molar-refractivity contribution in [2.24, 2.45) is 0 Å². The average Bonchev–Trinajstić information content (AvgIpc) is 3.51. The van der Waals surface area contributed by atoms with Crippen LogP contribution in [0.15, 0.2) is 31.0 Å². The molecule has 3 aromatic rings. The molecule has 0 spiro atoms. The zero-order valence-electron chi connectivity index (χ0n) is 19.5. The van der Waals surface area contributed by atoms with Gasteiger partial charge in [0, 0.05) is 76.6 Å². The van der Waals surface area contributed by atoms with Crippen LogP contribution in [-0.4, -0.2) is 91.2 Å². The maximum Gasteiger partial charge on any atom is 0.417 e. The van der Waals surface area contributed by atoms with E-state index in [1.807, 2.05) is 16.9 Å². The van der Waals surface area contributed by atoms with Gasteiger partial charge in [-0.15, -0.1) is 0 Å². The number of alkyl halides is 7. The van der Waals surface area contributed by atoms with Crippen molar-refractivity contribution in [3.05, 3.63) is 31.0 Å². The normalized spacial score (nSPS) is 23.1. The number of hydrogen-bond donors (Lipinski definition) is 3. The van der Waals surface area contributed by atoms with Gasteiger partial charge in [0.1, 0.15) is 15.5 Å². The predicted octanol–water partition coefficient (Wildman–Crippen LogP) is 4.19. The summed E-state index contributed by atoms with van der Waals surface area (Å²) < 4.78 is 86.3. The van der Waals surface area contributed by atoms with Crippen molar-refractivity contribution in [3.63, 3.8) is 0 Å². The quantitative estimate of drug-likeness (QED) is 0.216. The Morgan fingerprint density at radius 3 is 2.45 bits per heavy atom. The van der Waals surface area contributed by atoms with E-state index in [1.165, 1.54) is 6.33 Å². The zero-order valence-corrected chi connectivity index (χ0v) is 21.7. The van der Waals surface area contributed by atoms with E-state index in [2.05, 4.69) is 25.0 Å². The number of H-pyrrole nitrogens is 1. The minimum atomic E-state index is -5.64. The van der Waals surface area contributed by atoms with E-state index < -0.39 is 49.0 Å². The summed E-state index contributed by atoms with van der Waals surface area (Å²) in [5, 5.41) is 6.46. The van der Waals surface area contributed by atoms with E-state index in [0.29, 0.717) is 31.6 Å². The first-order chi connectivity index (χ1) is 17.9. The molecule has 206 valence electrons. The molecule has 0 bridgehead atoms. The summed E-state index contributed by atoms with van der Waals surface area (Å²) in [4.78, 5) is 26.8. The molecule has 0 atom stereocenters. The first kappa shape index (κ1) is 26.8. The van der Waals surface area contributed by atoms with Crippen molar-refractivity contribution in [1.29, 1.82) is 3.56 Å². The fourth-order valence-electron chi connectivity index (χ4n) is 4.85. The van der Waals surface area contributed by atoms with E-state index in [0.717, 1.165) is 26.9 Å². The summed E-state index contributed by atoms with van der Waals surface area (Å²) in [6.07, 6.45) is -3.18. The molecular weight excluding hydrogens is 635 g/mol. The number of carbonyl (C=O) groups is 1. The van der Waals surface area contributed by atoms with Crippen molar-refractivity contribution in [1.82, 2.24) is 39.8 Å². The van der Waals surface area contributed by atoms with Crippen LogP contribution in [0.25, 0.3) is 22.3 Å². The highest BCUT2D eigenvalue weighted by atomic mass is 127. The van der Waals surface area contributed by atoms with E-state index in [4.69, 9.17) is 3.56 Å². The lowest BCUT2D eigenvalue weighted by Gasteiger charge is -2.50. The topological polar surface area (TPSA) is 119 Å². The summed E-state index contributed by atoms with van der Waals surface area (Å²) in [5.74, 6) is 0. The second kappa shape index (κ2) is 9.73. The Hall–Kier alpha value is -2.83. The van der Waals surface area contributed by atoms with Crippen LogP contribution >= 0.6 is 21.0 Å². The summed E-state index contributed by atoms with van der Waals surface area (Å²) in [5.41, 5.74) is 2.23. The molecule has 0 unspecified atom stereocenters. The van der Waals surface area contributed by atoms with E-state index in [1.54, 1.807) is 12.4 Å². The summed E-state index contributed by atoms with van der Waals surface area (Å²) in [6.45, 7) is 0.619. The van der Waals surface area contributed by atoms with E-state index >= 15 is 0 Å². The van der Waals surface area contributed by atoms with Crippen molar-refractivity contribution in [3.8, 4) is 11.3 Å². The Balaban J connectivity index is 1.19. The molecule has 1 saturated heterocycles. The number of rotatable bonds is 5. The fraction of sp³-hybridized carbons (Fsp3) is 0.524. The maximum absolute atomic E-state index is 12.8. The molecule has 0 aromatic carbocycles. The van der Waals surface area contributed by atoms with E-state index in [9.17, 15) is 31.1 Å². The van der Waals surface area contributed by atoms with Gasteiger partial charge in [-0.2, -0.15) is 31.4 Å². The van der Waals surface area contributed by atoms with E-state index in [-0.39, 0.29) is 19.1 Å². The Morgan fingerprint density at radius 1 is 1.13 bits per heavy atom. The van der Waals surface area contributed by atoms with Crippen LogP contribution in [0.4, 0.5) is 31.1 Å². The zero-order chi connectivity index (χ0) is 27.3. The van der Waals surface area contributed by atoms with Gasteiger partial charge in [-0.05, 0) is 18.9 Å². The molecule has 5 rings (SSSR count). The van der Waals surface area contributed by atoms with Gasteiger partial charge in [0.2, 0.25) is 6.04 Å². The second-order valence-electron chi connectivity index (χ2n) is 9.20. The molecule has 2 fully saturated rings. The lowest BCUT2D eigenvalue weighted by atomic mass is 9.85. The second-order valence-corrected chi connectivity index (χ2v) is 11.7. The molecular formula is C21H22F6IN9O. The summed E-state index contributed by atoms with van der Waals surface area (Å²) >= 11 is -1.02. The standard InChI is InChI=1S/C21H22F6IN9O/c22-20(23,24)17(21(25,26)27)34-18(38)36-5-3-35(4-6-36)13-7-19(8-13,28-29)37-10-12(9-33-37)15-14-1-2-30-16(14)32-11-31-15/h1-2,9-11,13,17,29H,3-8H2,(H,34,38)(H,30,31,32). The molecule has 1 aliphatic heterocycles. The third-order valence-corrected chi connectivity index (χ3v) is 9.31. The molecule has 3 aromatic heterocycles. The predicted molar refractivity (Wildman–Crippen MR) is 130 cm³/mol. The number of amides is 2. The Morgan fingerprint density at radius 2 is 1.82 bits per heavy atom. The third-order valence-electron chi connectivity index (χ3n) is 6.93. The Kier molecular flexibility index (Phi) is 6.85. The van der Waals surface area contributed by atoms with Gasteiger partial charge in [0.05, 0.1) is 11.9 Å². The largest absolute Gasteiger partial charge is 0.417 e. The highest BCUT2D eigenvalue weighted by Gasteiger charge is 2.58. The number of aromatic nitrogens is 5. The Labute approximate surface area is 221 Å². The van der Waals surface area contributed by atoms with Crippen LogP contribution in [0.1, 0.15) is 12.8 Å². The molecule has 3 N–H and O–H groups in total. The van der Waals surface area contributed by atoms with Gasteiger partial charge in [-0.1, -0.05) is 0 Å². The maximum atomic E-state index is 12.8. The minimum Gasteiger partial charge on any atom is -0.346 e. The lowest BCUT2D eigenvalue weighted by Crippen LogP contribution is -2.62. The van der Waals surface area contributed by atoms with Gasteiger partial charge in [0.15, 0.2) is 0 Å². The monoisotopic (exact) mass is 657 g/mol. The number of piperazine rings is 1. The van der Waals surface area contributed by atoms with Crippen LogP contribution in [0, 0.1) is 3.56 Å². The van der Waals surface area contributed by atoms with Crippen molar-refractivity contribution < 1.29 is 31.1 Å². The lowest BCUT2D eigenvalue weighted by molar-refractivity contribution is -0.255. The summed E-state index contributed by atoms with van der Waals surface area (Å²) in [7, 11) is 0. The van der Waals surface area contributed by atoms with Crippen molar-refractivity contribution >= 4 is 38.1 Å². The van der Waals surface area contributed by atoms with Crippen LogP contribution in [-0.2, 0) is 3.55 Å². The molecule has 4 heterocycles. The summed E-state index contributed by atoms with van der Waals surface area (Å²) in [6, 6.07) is -3.36. The number of nitrogens with one attached hydrogen (secondary N) is 3. The number of nitrogens with zero attached hydrogens (tertiary/aromatic N) is 6. The fourth-order valence-corrected chi connectivity index (χ4v) is 6.82. The highest BCUT2D eigenvalue weighted by molar-refractivity contribution is 14.1. The first-order valence-electron chi connectivity index (χ1n) is 11.5. The van der Waals surface area contributed by atoms with Crippen molar-refractivity contribution in [2.45, 2.75) is 40.8 Å². The molecule has 1 aliphatic carbocycles. The minimum absolute atomic E-state index is 0.0000123. The molecule has 2 aliphatic rings. The number of urea groups is 1. The smallest absolute Gasteiger partial charge is 0.346 e. The number of hydrogen-bond acceptors (Lipinski definition) is 6. The number of halogens is 7. The highest BCUT2D eigenvalue weighted by Crippen LogP contribution is 2.50. The van der Waals surface area contributed by atoms with Gasteiger partial charge in [0.25, 0.3) is 0 Å². The SMILES string of the molecule is N=IC1(n2cc(-c3ncnc4[nH]ccc34)cn2)CC(N2CCN(C(=O)NC(C(F)(F)F)C(F)(F)F)CC2)C1. The Bertz CT molecular complexity index is 1310. The average molecular weight is 657 g/mol. The van der Waals surface area contributed by atoms with Gasteiger partial charge >= 0.3 is 18.4 Å². The molecule has 10 nitrogen and oxygen atoms in total. The van der Waals surface area contributed by atoms with Crippen LogP contribution < -0.4 is 5.32 Å². The van der Waals surface area contributed by atoms with Crippen LogP contribution in [0.5, 0.6) is 0 Å². The molecule has 17 heteroatoms. The van der Waals surface area contributed by atoms with Crippen molar-refractivity contribution in [2.75, 3.05) is 26.2 Å². The third kappa shape index (κ3) is 4.96. The molecule has 0 radical (unpaired) electrons. The first-order valence-corrected chi connectivity index (χ1v) is 13.7. The van der Waals surface area contributed by atoms with Gasteiger partial charge in [-0.3, -0.25) is 13.1 Å². The van der Waals surface area contributed by atoms with Gasteiger partial charge in [-0.25, -0.2) is 14.8 Å². The molecule has 2 amide bonds. The molecule has 38 heavy (non-hydrogen) atoms. The van der Waals surface area contributed by atoms with Crippen LogP contribution in [0.3, 0.4) is 0 Å². The molecule has 1 saturated carbocycles. The van der Waals surface area contributed by atoms with Gasteiger partial charge < -0.3 is 15.2 Å². The number of carbonyl (C=O) groups excluding carboxylic acids is 1.